The molecule has 1 aliphatic rings. The van der Waals surface area contributed by atoms with E-state index in [1.165, 1.54) is 5.01 Å². The van der Waals surface area contributed by atoms with Gasteiger partial charge in [-0.15, -0.1) is 0 Å². The first-order chi connectivity index (χ1) is 14.7. The van der Waals surface area contributed by atoms with Crippen LogP contribution in [0.3, 0.4) is 0 Å². The van der Waals surface area contributed by atoms with E-state index in [-0.39, 0.29) is 12.5 Å². The van der Waals surface area contributed by atoms with Gasteiger partial charge in [0.15, 0.2) is 18.1 Å². The van der Waals surface area contributed by atoms with Crippen LogP contribution in [-0.2, 0) is 9.63 Å². The molecule has 1 amide bonds. The summed E-state index contributed by atoms with van der Waals surface area (Å²) in [4.78, 5) is 21.5. The molecule has 0 radical (unpaired) electrons. The number of oxime groups is 1. The lowest BCUT2D eigenvalue weighted by molar-refractivity contribution is -0.136. The van der Waals surface area contributed by atoms with Crippen molar-refractivity contribution in [3.8, 4) is 17.2 Å². The van der Waals surface area contributed by atoms with Crippen molar-refractivity contribution >= 4 is 17.8 Å². The molecule has 8 heteroatoms. The summed E-state index contributed by atoms with van der Waals surface area (Å²) in [7, 11) is 1.59. The second-order valence-electron chi connectivity index (χ2n) is 6.67. The molecule has 3 rings (SSSR count). The number of ether oxygens (including phenoxy) is 2. The maximum Gasteiger partial charge on any atom is 0.283 e. The zero-order chi connectivity index (χ0) is 21.2. The molecule has 30 heavy (non-hydrogen) atoms. The zero-order valence-electron chi connectivity index (χ0n) is 17.3. The van der Waals surface area contributed by atoms with E-state index in [1.807, 2.05) is 25.1 Å². The number of unbranched alkanes of at least 4 members (excludes halogenated alkanes) is 1. The SMILES string of the molecule is CCC/C=N/OCC(=O)N1CCCC(c2ccc(OC)c(Oc3ccncc3)c2)=N1. The third-order valence-electron chi connectivity index (χ3n) is 4.44. The molecule has 2 heterocycles. The zero-order valence-corrected chi connectivity index (χ0v) is 17.3. The number of hydrazone groups is 1. The lowest BCUT2D eigenvalue weighted by Gasteiger charge is -2.23. The first kappa shape index (κ1) is 21.3. The predicted molar refractivity (Wildman–Crippen MR) is 114 cm³/mol. The number of amides is 1. The highest BCUT2D eigenvalue weighted by atomic mass is 16.6. The number of nitrogens with zero attached hydrogens (tertiary/aromatic N) is 4. The van der Waals surface area contributed by atoms with Gasteiger partial charge < -0.3 is 14.3 Å². The Labute approximate surface area is 176 Å². The standard InChI is InChI=1S/C22H26N4O4/c1-3-4-11-24-29-16-22(27)26-14-5-6-19(25-26)17-7-8-20(28-2)21(15-17)30-18-9-12-23-13-10-18/h7-13,15H,3-6,14,16H2,1-2H3/b24-11+. The van der Waals surface area contributed by atoms with E-state index in [9.17, 15) is 4.79 Å². The second kappa shape index (κ2) is 10.9. The number of benzene rings is 1. The Balaban J connectivity index is 1.73. The van der Waals surface area contributed by atoms with Crippen LogP contribution in [0.15, 0.2) is 53.0 Å². The van der Waals surface area contributed by atoms with Gasteiger partial charge >= 0.3 is 0 Å². The van der Waals surface area contributed by atoms with Crippen molar-refractivity contribution in [2.45, 2.75) is 32.6 Å². The summed E-state index contributed by atoms with van der Waals surface area (Å²) in [5.74, 6) is 1.62. The highest BCUT2D eigenvalue weighted by Gasteiger charge is 2.21. The molecule has 0 N–H and O–H groups in total. The summed E-state index contributed by atoms with van der Waals surface area (Å²) in [6.07, 6.45) is 8.37. The van der Waals surface area contributed by atoms with Gasteiger partial charge in [0.25, 0.3) is 5.91 Å². The quantitative estimate of drug-likeness (QED) is 0.461. The van der Waals surface area contributed by atoms with Crippen molar-refractivity contribution in [1.29, 1.82) is 0 Å². The lowest BCUT2D eigenvalue weighted by Crippen LogP contribution is -2.34. The fourth-order valence-corrected chi connectivity index (χ4v) is 2.90. The molecule has 0 saturated carbocycles. The highest BCUT2D eigenvalue weighted by molar-refractivity contribution is 6.02. The van der Waals surface area contributed by atoms with E-state index >= 15 is 0 Å². The summed E-state index contributed by atoms with van der Waals surface area (Å²) in [6, 6.07) is 9.16. The minimum atomic E-state index is -0.220. The minimum Gasteiger partial charge on any atom is -0.493 e. The number of pyridine rings is 1. The number of carbonyl (C=O) groups excluding carboxylic acids is 1. The Morgan fingerprint density at radius 2 is 2.07 bits per heavy atom. The van der Waals surface area contributed by atoms with Crippen LogP contribution >= 0.6 is 0 Å². The molecule has 1 aromatic carbocycles. The van der Waals surface area contributed by atoms with Crippen LogP contribution in [0.25, 0.3) is 0 Å². The van der Waals surface area contributed by atoms with Gasteiger partial charge in [0, 0.05) is 30.7 Å². The molecule has 0 fully saturated rings. The average molecular weight is 410 g/mol. The van der Waals surface area contributed by atoms with Crippen LogP contribution in [0.4, 0.5) is 0 Å². The van der Waals surface area contributed by atoms with Crippen molar-refractivity contribution < 1.29 is 19.1 Å². The molecular formula is C22H26N4O4. The topological polar surface area (TPSA) is 85.6 Å². The van der Waals surface area contributed by atoms with Crippen LogP contribution in [0, 0.1) is 0 Å². The van der Waals surface area contributed by atoms with Gasteiger partial charge in [-0.1, -0.05) is 18.5 Å². The lowest BCUT2D eigenvalue weighted by atomic mass is 10.0. The number of hydrogen-bond acceptors (Lipinski definition) is 7. The van der Waals surface area contributed by atoms with Gasteiger partial charge in [-0.25, -0.2) is 5.01 Å². The van der Waals surface area contributed by atoms with Gasteiger partial charge in [0.1, 0.15) is 5.75 Å². The van der Waals surface area contributed by atoms with E-state index in [0.717, 1.165) is 37.0 Å². The number of hydrogen-bond donors (Lipinski definition) is 0. The van der Waals surface area contributed by atoms with Crippen LogP contribution in [-0.4, -0.2) is 48.1 Å². The summed E-state index contributed by atoms with van der Waals surface area (Å²) >= 11 is 0. The van der Waals surface area contributed by atoms with E-state index in [4.69, 9.17) is 14.3 Å². The van der Waals surface area contributed by atoms with Crippen molar-refractivity contribution in [2.24, 2.45) is 10.3 Å². The number of carbonyl (C=O) groups is 1. The Bertz CT molecular complexity index is 899. The van der Waals surface area contributed by atoms with Crippen molar-refractivity contribution in [3.05, 3.63) is 48.3 Å². The van der Waals surface area contributed by atoms with E-state index in [2.05, 4.69) is 15.2 Å². The molecule has 0 aliphatic carbocycles. The van der Waals surface area contributed by atoms with Gasteiger partial charge in [-0.05, 0) is 49.6 Å². The largest absolute Gasteiger partial charge is 0.493 e. The van der Waals surface area contributed by atoms with E-state index in [1.54, 1.807) is 37.9 Å². The second-order valence-corrected chi connectivity index (χ2v) is 6.67. The van der Waals surface area contributed by atoms with Crippen LogP contribution in [0.5, 0.6) is 17.2 Å². The molecule has 0 spiro atoms. The number of rotatable bonds is 9. The van der Waals surface area contributed by atoms with Crippen molar-refractivity contribution in [2.75, 3.05) is 20.3 Å². The Kier molecular flexibility index (Phi) is 7.77. The molecule has 1 aromatic heterocycles. The average Bonchev–Trinajstić information content (AvgIpc) is 2.79. The minimum absolute atomic E-state index is 0.129. The fourth-order valence-electron chi connectivity index (χ4n) is 2.90. The molecule has 1 aliphatic heterocycles. The molecule has 0 unspecified atom stereocenters. The summed E-state index contributed by atoms with van der Waals surface area (Å²) < 4.78 is 11.4. The first-order valence-corrected chi connectivity index (χ1v) is 9.99. The monoisotopic (exact) mass is 410 g/mol. The van der Waals surface area contributed by atoms with Crippen LogP contribution < -0.4 is 9.47 Å². The highest BCUT2D eigenvalue weighted by Crippen LogP contribution is 2.33. The van der Waals surface area contributed by atoms with Gasteiger partial charge in [-0.2, -0.15) is 5.10 Å². The van der Waals surface area contributed by atoms with Crippen molar-refractivity contribution in [1.82, 2.24) is 9.99 Å². The van der Waals surface area contributed by atoms with Crippen LogP contribution in [0.1, 0.15) is 38.2 Å². The molecule has 8 nitrogen and oxygen atoms in total. The van der Waals surface area contributed by atoms with E-state index < -0.39 is 0 Å². The Morgan fingerprint density at radius 3 is 2.83 bits per heavy atom. The van der Waals surface area contributed by atoms with E-state index in [0.29, 0.717) is 23.8 Å². The fraction of sp³-hybridized carbons (Fsp3) is 0.364. The summed E-state index contributed by atoms with van der Waals surface area (Å²) in [5, 5.41) is 9.77. The Hall–Kier alpha value is -3.42. The molecule has 0 saturated heterocycles. The number of methoxy groups -OCH3 is 1. The molecular weight excluding hydrogens is 384 g/mol. The summed E-state index contributed by atoms with van der Waals surface area (Å²) in [5.41, 5.74) is 1.69. The molecule has 0 atom stereocenters. The molecule has 0 bridgehead atoms. The molecule has 158 valence electrons. The number of aromatic nitrogens is 1. The normalized spacial score (nSPS) is 13.8. The van der Waals surface area contributed by atoms with Crippen molar-refractivity contribution in [3.63, 3.8) is 0 Å². The molecule has 2 aromatic rings. The maximum absolute atomic E-state index is 12.4. The van der Waals surface area contributed by atoms with Crippen LogP contribution in [0.2, 0.25) is 0 Å². The maximum atomic E-state index is 12.4. The summed E-state index contributed by atoms with van der Waals surface area (Å²) in [6.45, 7) is 2.48. The van der Waals surface area contributed by atoms with Gasteiger partial charge in [0.2, 0.25) is 0 Å². The first-order valence-electron chi connectivity index (χ1n) is 9.99. The van der Waals surface area contributed by atoms with Gasteiger partial charge in [-0.3, -0.25) is 9.78 Å². The third kappa shape index (κ3) is 5.79. The predicted octanol–water partition coefficient (Wildman–Crippen LogP) is 4.01. The third-order valence-corrected chi connectivity index (χ3v) is 4.44. The smallest absolute Gasteiger partial charge is 0.283 e. The van der Waals surface area contributed by atoms with Gasteiger partial charge in [0.05, 0.1) is 12.8 Å². The Morgan fingerprint density at radius 1 is 1.23 bits per heavy atom.